The quantitative estimate of drug-likeness (QED) is 0.545. The fourth-order valence-corrected chi connectivity index (χ4v) is 2.77. The van der Waals surface area contributed by atoms with Gasteiger partial charge in [-0.15, -0.1) is 6.58 Å². The smallest absolute Gasteiger partial charge is 0.322 e. The lowest BCUT2D eigenvalue weighted by Crippen LogP contribution is -2.39. The van der Waals surface area contributed by atoms with E-state index in [-0.39, 0.29) is 11.4 Å². The number of carbonyl (C=O) groups is 2. The van der Waals surface area contributed by atoms with Gasteiger partial charge < -0.3 is 10.1 Å². The zero-order valence-electron chi connectivity index (χ0n) is 13.4. The van der Waals surface area contributed by atoms with Crippen LogP contribution in [0.4, 0.5) is 4.39 Å². The molecule has 132 valence electrons. The Morgan fingerprint density at radius 3 is 2.50 bits per heavy atom. The minimum Gasteiger partial charge on any atom is -0.452 e. The molecule has 0 saturated heterocycles. The maximum atomic E-state index is 12.9. The van der Waals surface area contributed by atoms with Gasteiger partial charge in [0, 0.05) is 13.6 Å². The van der Waals surface area contributed by atoms with Crippen molar-refractivity contribution in [3.63, 3.8) is 0 Å². The van der Waals surface area contributed by atoms with Gasteiger partial charge in [0.25, 0.3) is 5.91 Å². The largest absolute Gasteiger partial charge is 0.452 e. The predicted octanol–water partition coefficient (Wildman–Crippen LogP) is 0.680. The second kappa shape index (κ2) is 8.55. The number of halogens is 1. The monoisotopic (exact) mass is 358 g/mol. The Balaban J connectivity index is 2.67. The second-order valence-electron chi connectivity index (χ2n) is 4.88. The van der Waals surface area contributed by atoms with Crippen molar-refractivity contribution < 1.29 is 27.1 Å². The molecule has 1 N–H and O–H groups in total. The van der Waals surface area contributed by atoms with Crippen LogP contribution in [0.15, 0.2) is 41.8 Å². The zero-order chi connectivity index (χ0) is 18.3. The Kier molecular flexibility index (Phi) is 7.05. The number of esters is 1. The number of nitrogens with zero attached hydrogens (tertiary/aromatic N) is 1. The summed E-state index contributed by atoms with van der Waals surface area (Å²) in [6, 6.07) is 4.20. The molecule has 1 aromatic rings. The van der Waals surface area contributed by atoms with Crippen molar-refractivity contribution in [2.24, 2.45) is 0 Å². The molecule has 0 aromatic heterocycles. The number of hydrogen-bond donors (Lipinski definition) is 1. The zero-order valence-corrected chi connectivity index (χ0v) is 14.2. The van der Waals surface area contributed by atoms with E-state index in [1.807, 2.05) is 0 Å². The number of ether oxygens (including phenoxy) is 1. The molecule has 7 nitrogen and oxygen atoms in total. The van der Waals surface area contributed by atoms with E-state index >= 15 is 0 Å². The molecule has 0 spiro atoms. The topological polar surface area (TPSA) is 92.8 Å². The lowest BCUT2D eigenvalue weighted by atomic mass is 10.3. The van der Waals surface area contributed by atoms with Crippen molar-refractivity contribution >= 4 is 21.9 Å². The molecule has 0 unspecified atom stereocenters. The summed E-state index contributed by atoms with van der Waals surface area (Å²) in [4.78, 5) is 23.2. The molecule has 0 radical (unpaired) electrons. The maximum absolute atomic E-state index is 12.9. The average molecular weight is 358 g/mol. The lowest BCUT2D eigenvalue weighted by molar-refractivity contribution is -0.154. The fourth-order valence-electron chi connectivity index (χ4n) is 1.66. The van der Waals surface area contributed by atoms with Crippen molar-refractivity contribution in [3.8, 4) is 0 Å². The first-order valence-electron chi connectivity index (χ1n) is 6.98. The van der Waals surface area contributed by atoms with Crippen molar-refractivity contribution in [3.05, 3.63) is 42.7 Å². The standard InChI is InChI=1S/C15H19FN2O5S/c1-4-9-17-15(20)11(2)23-14(19)10-18(3)24(21,22)13-7-5-12(16)6-8-13/h4-8,11H,1,9-10H2,2-3H3,(H,17,20)/t11-/m0/s1. The van der Waals surface area contributed by atoms with Gasteiger partial charge in [-0.05, 0) is 31.2 Å². The fraction of sp³-hybridized carbons (Fsp3) is 0.333. The van der Waals surface area contributed by atoms with Crippen LogP contribution in [0.25, 0.3) is 0 Å². The number of nitrogens with one attached hydrogen (secondary N) is 1. The highest BCUT2D eigenvalue weighted by Gasteiger charge is 2.25. The summed E-state index contributed by atoms with van der Waals surface area (Å²) in [5, 5.41) is 2.45. The summed E-state index contributed by atoms with van der Waals surface area (Å²) in [7, 11) is -2.79. The summed E-state index contributed by atoms with van der Waals surface area (Å²) in [6.07, 6.45) is 0.398. The molecule has 0 aliphatic rings. The van der Waals surface area contributed by atoms with Gasteiger partial charge in [0.15, 0.2) is 6.10 Å². The van der Waals surface area contributed by atoms with Crippen molar-refractivity contribution in [2.45, 2.75) is 17.9 Å². The van der Waals surface area contributed by atoms with E-state index in [1.54, 1.807) is 0 Å². The number of sulfonamides is 1. The van der Waals surface area contributed by atoms with Crippen LogP contribution in [0.5, 0.6) is 0 Å². The molecule has 9 heteroatoms. The molecule has 0 saturated carbocycles. The maximum Gasteiger partial charge on any atom is 0.322 e. The molecule has 0 aliphatic carbocycles. The van der Waals surface area contributed by atoms with Gasteiger partial charge in [-0.1, -0.05) is 6.08 Å². The van der Waals surface area contributed by atoms with Crippen LogP contribution in [0.3, 0.4) is 0 Å². The summed E-state index contributed by atoms with van der Waals surface area (Å²) >= 11 is 0. The first kappa shape index (κ1) is 19.8. The van der Waals surface area contributed by atoms with Gasteiger partial charge in [0.05, 0.1) is 4.90 Å². The lowest BCUT2D eigenvalue weighted by Gasteiger charge is -2.18. The number of carbonyl (C=O) groups excluding carboxylic acids is 2. The third kappa shape index (κ3) is 5.43. The van der Waals surface area contributed by atoms with Crippen LogP contribution in [0, 0.1) is 5.82 Å². The third-order valence-electron chi connectivity index (χ3n) is 2.97. The molecule has 1 atom stereocenters. The van der Waals surface area contributed by atoms with Crippen molar-refractivity contribution in [2.75, 3.05) is 20.1 Å². The van der Waals surface area contributed by atoms with E-state index in [0.717, 1.165) is 28.6 Å². The molecule has 1 rings (SSSR count). The molecule has 0 fully saturated rings. The minimum atomic E-state index is -3.97. The normalized spacial score (nSPS) is 12.5. The molecule has 0 heterocycles. The van der Waals surface area contributed by atoms with Gasteiger partial charge in [0.2, 0.25) is 10.0 Å². The summed E-state index contributed by atoms with van der Waals surface area (Å²) in [6.45, 7) is 4.44. The van der Waals surface area contributed by atoms with Crippen LogP contribution >= 0.6 is 0 Å². The van der Waals surface area contributed by atoms with E-state index in [9.17, 15) is 22.4 Å². The van der Waals surface area contributed by atoms with Gasteiger partial charge >= 0.3 is 5.97 Å². The Morgan fingerprint density at radius 2 is 1.96 bits per heavy atom. The summed E-state index contributed by atoms with van der Waals surface area (Å²) in [5.74, 6) is -1.98. The molecular weight excluding hydrogens is 339 g/mol. The molecule has 1 aromatic carbocycles. The third-order valence-corrected chi connectivity index (χ3v) is 4.79. The van der Waals surface area contributed by atoms with Crippen LogP contribution in [0.2, 0.25) is 0 Å². The second-order valence-corrected chi connectivity index (χ2v) is 6.93. The predicted molar refractivity (Wildman–Crippen MR) is 85.0 cm³/mol. The van der Waals surface area contributed by atoms with Gasteiger partial charge in [0.1, 0.15) is 12.4 Å². The molecular formula is C15H19FN2O5S. The Labute approximate surface area is 140 Å². The minimum absolute atomic E-state index is 0.157. The van der Waals surface area contributed by atoms with E-state index in [1.165, 1.54) is 20.0 Å². The Bertz CT molecular complexity index is 703. The molecule has 1 amide bonds. The van der Waals surface area contributed by atoms with Crippen LogP contribution in [-0.4, -0.2) is 50.8 Å². The number of likely N-dealkylation sites (N-methyl/N-ethyl adjacent to an activating group) is 1. The van der Waals surface area contributed by atoms with E-state index in [0.29, 0.717) is 0 Å². The van der Waals surface area contributed by atoms with E-state index in [2.05, 4.69) is 11.9 Å². The first-order chi connectivity index (χ1) is 11.2. The van der Waals surface area contributed by atoms with E-state index < -0.39 is 40.4 Å². The SMILES string of the molecule is C=CCNC(=O)[C@H](C)OC(=O)CN(C)S(=O)(=O)c1ccc(F)cc1. The van der Waals surface area contributed by atoms with Crippen molar-refractivity contribution in [1.82, 2.24) is 9.62 Å². The first-order valence-corrected chi connectivity index (χ1v) is 8.42. The molecule has 0 bridgehead atoms. The summed E-state index contributed by atoms with van der Waals surface area (Å²) < 4.78 is 43.0. The van der Waals surface area contributed by atoms with Gasteiger partial charge in [-0.3, -0.25) is 9.59 Å². The van der Waals surface area contributed by atoms with Crippen LogP contribution in [0.1, 0.15) is 6.92 Å². The van der Waals surface area contributed by atoms with Crippen LogP contribution in [-0.2, 0) is 24.3 Å². The van der Waals surface area contributed by atoms with Crippen molar-refractivity contribution in [1.29, 1.82) is 0 Å². The Hall–Kier alpha value is -2.26. The highest BCUT2D eigenvalue weighted by atomic mass is 32.2. The van der Waals surface area contributed by atoms with Gasteiger partial charge in [-0.25, -0.2) is 12.8 Å². The average Bonchev–Trinajstić information content (AvgIpc) is 2.52. The number of hydrogen-bond acceptors (Lipinski definition) is 5. The molecule has 24 heavy (non-hydrogen) atoms. The number of rotatable bonds is 8. The summed E-state index contributed by atoms with van der Waals surface area (Å²) in [5.41, 5.74) is 0. The molecule has 0 aliphatic heterocycles. The highest BCUT2D eigenvalue weighted by Crippen LogP contribution is 2.14. The Morgan fingerprint density at radius 1 is 1.38 bits per heavy atom. The van der Waals surface area contributed by atoms with Crippen LogP contribution < -0.4 is 5.32 Å². The highest BCUT2D eigenvalue weighted by molar-refractivity contribution is 7.89. The number of amides is 1. The number of benzene rings is 1. The van der Waals surface area contributed by atoms with Gasteiger partial charge in [-0.2, -0.15) is 4.31 Å². The van der Waals surface area contributed by atoms with E-state index in [4.69, 9.17) is 4.74 Å².